The van der Waals surface area contributed by atoms with E-state index in [9.17, 15) is 9.59 Å². The van der Waals surface area contributed by atoms with Gasteiger partial charge in [0.05, 0.1) is 4.88 Å². The van der Waals surface area contributed by atoms with Crippen LogP contribution in [-0.4, -0.2) is 21.9 Å². The normalized spacial score (nSPS) is 10.6. The molecule has 0 bridgehead atoms. The van der Waals surface area contributed by atoms with E-state index in [4.69, 9.17) is 18.1 Å². The van der Waals surface area contributed by atoms with Crippen LogP contribution in [0.25, 0.3) is 6.08 Å². The highest BCUT2D eigenvalue weighted by molar-refractivity contribution is 9.11. The third-order valence-corrected chi connectivity index (χ3v) is 5.34. The predicted molar refractivity (Wildman–Crippen MR) is 106 cm³/mol. The van der Waals surface area contributed by atoms with Gasteiger partial charge in [0.2, 0.25) is 5.91 Å². The summed E-state index contributed by atoms with van der Waals surface area (Å²) in [5.74, 6) is 4.68. The van der Waals surface area contributed by atoms with Gasteiger partial charge in [0.1, 0.15) is 0 Å². The van der Waals surface area contributed by atoms with Crippen LogP contribution < -0.4 is 11.2 Å². The lowest BCUT2D eigenvalue weighted by molar-refractivity contribution is -0.115. The van der Waals surface area contributed by atoms with E-state index < -0.39 is 11.8 Å². The zero-order chi connectivity index (χ0) is 17.7. The largest absolute Gasteiger partial charge is 0.298 e. The van der Waals surface area contributed by atoms with Crippen molar-refractivity contribution in [2.75, 3.05) is 0 Å². The van der Waals surface area contributed by atoms with Crippen molar-refractivity contribution >= 4 is 78.4 Å². The summed E-state index contributed by atoms with van der Waals surface area (Å²) in [6.45, 7) is 0. The number of carbonyl (C=O) groups is 2. The van der Waals surface area contributed by atoms with E-state index in [1.54, 1.807) is 23.6 Å². The van der Waals surface area contributed by atoms with Crippen LogP contribution in [0.5, 0.6) is 0 Å². The Kier molecular flexibility index (Phi) is 6.81. The molecule has 1 heterocycles. The lowest BCUT2D eigenvalue weighted by Gasteiger charge is -2.16. The maximum absolute atomic E-state index is 12.0. The number of nitrogens with zero attached hydrogens (tertiary/aromatic N) is 1. The quantitative estimate of drug-likeness (QED) is 0.227. The maximum atomic E-state index is 12.0. The molecule has 0 atom stereocenters. The summed E-state index contributed by atoms with van der Waals surface area (Å²) >= 11 is 13.0. The summed E-state index contributed by atoms with van der Waals surface area (Å²) in [6, 6.07) is 8.93. The van der Waals surface area contributed by atoms with Crippen LogP contribution >= 0.6 is 55.4 Å². The molecule has 0 fully saturated rings. The summed E-state index contributed by atoms with van der Waals surface area (Å²) in [4.78, 5) is 24.4. The molecular formula is C15H11Br2N3O2S2. The van der Waals surface area contributed by atoms with Gasteiger partial charge in [0.15, 0.2) is 5.11 Å². The topological polar surface area (TPSA) is 75.4 Å². The molecule has 0 unspecified atom stereocenters. The minimum atomic E-state index is -0.489. The Hall–Kier alpha value is -1.39. The predicted octanol–water partition coefficient (Wildman–Crippen LogP) is 3.70. The van der Waals surface area contributed by atoms with E-state index in [1.165, 1.54) is 17.4 Å². The molecule has 0 aliphatic carbocycles. The van der Waals surface area contributed by atoms with Crippen molar-refractivity contribution in [3.8, 4) is 0 Å². The molecular weight excluding hydrogens is 478 g/mol. The second-order valence-electron chi connectivity index (χ2n) is 4.42. The average molecular weight is 489 g/mol. The molecule has 0 aliphatic rings. The number of hydrogen-bond acceptors (Lipinski definition) is 5. The SMILES string of the molecule is NN(C(=O)c1cccs1)C(=S)NC(=O)C=Cc1c(Br)cccc1Br. The van der Waals surface area contributed by atoms with Crippen molar-refractivity contribution in [3.63, 3.8) is 0 Å². The van der Waals surface area contributed by atoms with Gasteiger partial charge < -0.3 is 0 Å². The first kappa shape index (κ1) is 18.9. The van der Waals surface area contributed by atoms with Crippen LogP contribution in [0.15, 0.2) is 50.7 Å². The number of benzene rings is 1. The molecule has 3 N–H and O–H groups in total. The highest BCUT2D eigenvalue weighted by atomic mass is 79.9. The van der Waals surface area contributed by atoms with E-state index in [0.717, 1.165) is 19.5 Å². The van der Waals surface area contributed by atoms with Gasteiger partial charge in [-0.3, -0.25) is 14.9 Å². The Morgan fingerprint density at radius 2 is 1.88 bits per heavy atom. The molecule has 0 aliphatic heterocycles. The first-order valence-electron chi connectivity index (χ1n) is 6.50. The Morgan fingerprint density at radius 1 is 1.21 bits per heavy atom. The average Bonchev–Trinajstić information content (AvgIpc) is 3.07. The lowest BCUT2D eigenvalue weighted by Crippen LogP contribution is -2.49. The van der Waals surface area contributed by atoms with Gasteiger partial charge in [-0.2, -0.15) is 0 Å². The van der Waals surface area contributed by atoms with E-state index >= 15 is 0 Å². The summed E-state index contributed by atoms with van der Waals surface area (Å²) in [5.41, 5.74) is 0.804. The Morgan fingerprint density at radius 3 is 2.46 bits per heavy atom. The number of hydrazine groups is 1. The van der Waals surface area contributed by atoms with Crippen molar-refractivity contribution < 1.29 is 9.59 Å². The fourth-order valence-corrected chi connectivity index (χ4v) is 3.75. The van der Waals surface area contributed by atoms with Gasteiger partial charge in [-0.05, 0) is 41.9 Å². The van der Waals surface area contributed by atoms with Crippen LogP contribution in [0.4, 0.5) is 0 Å². The van der Waals surface area contributed by atoms with E-state index in [1.807, 2.05) is 18.2 Å². The van der Waals surface area contributed by atoms with Gasteiger partial charge in [0.25, 0.3) is 5.91 Å². The molecule has 124 valence electrons. The number of nitrogens with one attached hydrogen (secondary N) is 1. The number of rotatable bonds is 3. The molecule has 9 heteroatoms. The van der Waals surface area contributed by atoms with Crippen LogP contribution in [0, 0.1) is 0 Å². The van der Waals surface area contributed by atoms with Gasteiger partial charge in [-0.15, -0.1) is 11.3 Å². The van der Waals surface area contributed by atoms with E-state index in [2.05, 4.69) is 37.2 Å². The highest BCUT2D eigenvalue weighted by Gasteiger charge is 2.18. The van der Waals surface area contributed by atoms with Crippen LogP contribution in [0.3, 0.4) is 0 Å². The molecule has 2 rings (SSSR count). The first-order valence-corrected chi connectivity index (χ1v) is 9.37. The van der Waals surface area contributed by atoms with Crippen molar-refractivity contribution in [3.05, 3.63) is 61.2 Å². The summed E-state index contributed by atoms with van der Waals surface area (Å²) in [5, 5.41) is 4.71. The molecule has 2 aromatic rings. The van der Waals surface area contributed by atoms with Crippen molar-refractivity contribution in [2.45, 2.75) is 0 Å². The number of hydrogen-bond donors (Lipinski definition) is 2. The molecule has 0 spiro atoms. The van der Waals surface area contributed by atoms with Gasteiger partial charge in [-0.25, -0.2) is 10.9 Å². The zero-order valence-electron chi connectivity index (χ0n) is 12.0. The van der Waals surface area contributed by atoms with Crippen LogP contribution in [0.1, 0.15) is 15.2 Å². The molecule has 1 aromatic carbocycles. The lowest BCUT2D eigenvalue weighted by atomic mass is 10.2. The van der Waals surface area contributed by atoms with Crippen molar-refractivity contribution in [2.24, 2.45) is 5.84 Å². The second kappa shape index (κ2) is 8.63. The third-order valence-electron chi connectivity index (χ3n) is 2.80. The van der Waals surface area contributed by atoms with E-state index in [0.29, 0.717) is 4.88 Å². The standard InChI is InChI=1S/C15H11Br2N3O2S2/c16-10-3-1-4-11(17)9(10)6-7-13(21)19-15(23)20(18)14(22)12-5-2-8-24-12/h1-8H,18H2,(H,19,21,23). The van der Waals surface area contributed by atoms with Gasteiger partial charge in [0, 0.05) is 20.6 Å². The van der Waals surface area contributed by atoms with Crippen LogP contribution in [-0.2, 0) is 4.79 Å². The number of nitrogens with two attached hydrogens (primary N) is 1. The number of thiocarbonyl (C=S) groups is 1. The summed E-state index contributed by atoms with van der Waals surface area (Å²) in [6.07, 6.45) is 2.93. The molecule has 5 nitrogen and oxygen atoms in total. The fraction of sp³-hybridized carbons (Fsp3) is 0. The number of halogens is 2. The zero-order valence-corrected chi connectivity index (χ0v) is 16.8. The molecule has 1 aromatic heterocycles. The molecule has 24 heavy (non-hydrogen) atoms. The molecule has 0 radical (unpaired) electrons. The smallest absolute Gasteiger partial charge is 0.284 e. The molecule has 0 saturated carbocycles. The van der Waals surface area contributed by atoms with Crippen molar-refractivity contribution in [1.82, 2.24) is 10.3 Å². The Balaban J connectivity index is 2.00. The fourth-order valence-electron chi connectivity index (χ4n) is 1.65. The molecule has 2 amide bonds. The Bertz CT molecular complexity index is 787. The van der Waals surface area contributed by atoms with Gasteiger partial charge in [-0.1, -0.05) is 44.0 Å². The minimum Gasteiger partial charge on any atom is -0.298 e. The monoisotopic (exact) mass is 487 g/mol. The van der Waals surface area contributed by atoms with E-state index in [-0.39, 0.29) is 5.11 Å². The van der Waals surface area contributed by atoms with Gasteiger partial charge >= 0.3 is 0 Å². The maximum Gasteiger partial charge on any atom is 0.284 e. The molecule has 0 saturated heterocycles. The summed E-state index contributed by atoms with van der Waals surface area (Å²) in [7, 11) is 0. The van der Waals surface area contributed by atoms with Crippen LogP contribution in [0.2, 0.25) is 0 Å². The number of carbonyl (C=O) groups excluding carboxylic acids is 2. The third kappa shape index (κ3) is 4.81. The van der Waals surface area contributed by atoms with Crippen molar-refractivity contribution in [1.29, 1.82) is 0 Å². The number of amides is 2. The highest BCUT2D eigenvalue weighted by Crippen LogP contribution is 2.26. The first-order chi connectivity index (χ1) is 11.4. The Labute approximate surface area is 164 Å². The number of thiophene rings is 1. The summed E-state index contributed by atoms with van der Waals surface area (Å²) < 4.78 is 1.66. The minimum absolute atomic E-state index is 0.172. The second-order valence-corrected chi connectivity index (χ2v) is 7.46.